The van der Waals surface area contributed by atoms with Crippen LogP contribution in [0.15, 0.2) is 0 Å². The minimum Gasteiger partial charge on any atom is -0.299 e. The van der Waals surface area contributed by atoms with Crippen LogP contribution in [0.25, 0.3) is 0 Å². The molecule has 1 nitrogen and oxygen atoms in total. The molecular weight excluding hydrogens is 136 g/mol. The molecule has 5 unspecified atom stereocenters. The molecule has 4 aliphatic carbocycles. The third kappa shape index (κ3) is 0.315. The molecule has 9 heavy (non-hydrogen) atoms. The van der Waals surface area contributed by atoms with Crippen molar-refractivity contribution in [2.24, 2.45) is 23.7 Å². The molecule has 4 fully saturated rings. The molecule has 4 aliphatic rings. The average Bonchev–Trinajstić information content (AvgIpc) is 2.18. The molecule has 0 aromatic heterocycles. The van der Waals surface area contributed by atoms with Crippen LogP contribution in [0.2, 0.25) is 0 Å². The highest BCUT2D eigenvalue weighted by molar-refractivity contribution is 6.25. The largest absolute Gasteiger partial charge is 0.299 e. The first-order valence-electron chi connectivity index (χ1n) is 3.48. The molecule has 2 heteroatoms. The Bertz CT molecular complexity index is 201. The van der Waals surface area contributed by atoms with Gasteiger partial charge in [-0.3, -0.25) is 4.79 Å². The van der Waals surface area contributed by atoms with Crippen LogP contribution in [-0.2, 0) is 4.79 Å². The van der Waals surface area contributed by atoms with Gasteiger partial charge < -0.3 is 0 Å². The first-order chi connectivity index (χ1) is 4.30. The third-order valence-corrected chi connectivity index (χ3v) is 3.80. The molecule has 4 bridgehead atoms. The Labute approximate surface area is 58.4 Å². The van der Waals surface area contributed by atoms with E-state index in [1.54, 1.807) is 0 Å². The second kappa shape index (κ2) is 1.07. The summed E-state index contributed by atoms with van der Waals surface area (Å²) in [5.74, 6) is 2.52. The van der Waals surface area contributed by atoms with Gasteiger partial charge in [0.1, 0.15) is 5.78 Å². The van der Waals surface area contributed by atoms with Gasteiger partial charge in [-0.15, -0.1) is 11.6 Å². The van der Waals surface area contributed by atoms with E-state index in [4.69, 9.17) is 11.6 Å². The zero-order chi connectivity index (χ0) is 6.17. The van der Waals surface area contributed by atoms with Crippen molar-refractivity contribution >= 4 is 17.4 Å². The predicted molar refractivity (Wildman–Crippen MR) is 33.2 cm³/mol. The van der Waals surface area contributed by atoms with E-state index in [2.05, 4.69) is 0 Å². The van der Waals surface area contributed by atoms with Crippen LogP contribution in [0.3, 0.4) is 0 Å². The smallest absolute Gasteiger partial charge is 0.141 e. The van der Waals surface area contributed by atoms with Gasteiger partial charge in [0.25, 0.3) is 0 Å². The van der Waals surface area contributed by atoms with Crippen molar-refractivity contribution in [3.8, 4) is 0 Å². The zero-order valence-electron chi connectivity index (χ0n) is 4.88. The lowest BCUT2D eigenvalue weighted by Gasteiger charge is -2.00. The van der Waals surface area contributed by atoms with Crippen molar-refractivity contribution in [1.82, 2.24) is 0 Å². The van der Waals surface area contributed by atoms with E-state index in [1.807, 2.05) is 0 Å². The second-order valence-electron chi connectivity index (χ2n) is 3.46. The highest BCUT2D eigenvalue weighted by Gasteiger charge is 2.73. The summed E-state index contributed by atoms with van der Waals surface area (Å²) in [5.41, 5.74) is 0. The molecule has 0 amide bonds. The number of hydrogen-bond acceptors (Lipinski definition) is 1. The van der Waals surface area contributed by atoms with E-state index in [0.29, 0.717) is 17.6 Å². The van der Waals surface area contributed by atoms with Crippen LogP contribution >= 0.6 is 11.6 Å². The van der Waals surface area contributed by atoms with Crippen LogP contribution in [0.4, 0.5) is 0 Å². The number of carbonyl (C=O) groups is 1. The summed E-state index contributed by atoms with van der Waals surface area (Å²) in [5, 5.41) is 0.229. The van der Waals surface area contributed by atoms with Crippen molar-refractivity contribution in [1.29, 1.82) is 0 Å². The molecule has 48 valence electrons. The Morgan fingerprint density at radius 3 is 2.44 bits per heavy atom. The van der Waals surface area contributed by atoms with Crippen molar-refractivity contribution in [2.75, 3.05) is 0 Å². The quantitative estimate of drug-likeness (QED) is 0.463. The molecule has 0 spiro atoms. The molecule has 0 aromatic carbocycles. The SMILES string of the molecule is O=C1C2CC3C1C3C2Cl. The average molecular weight is 143 g/mol. The van der Waals surface area contributed by atoms with Gasteiger partial charge in [0.2, 0.25) is 0 Å². The van der Waals surface area contributed by atoms with Crippen LogP contribution in [0, 0.1) is 23.7 Å². The fraction of sp³-hybridized carbons (Fsp3) is 0.857. The maximum Gasteiger partial charge on any atom is 0.141 e. The third-order valence-electron chi connectivity index (χ3n) is 3.20. The van der Waals surface area contributed by atoms with Gasteiger partial charge in [-0.1, -0.05) is 0 Å². The zero-order valence-corrected chi connectivity index (χ0v) is 5.64. The van der Waals surface area contributed by atoms with Gasteiger partial charge in [0, 0.05) is 17.2 Å². The summed E-state index contributed by atoms with van der Waals surface area (Å²) in [7, 11) is 0. The van der Waals surface area contributed by atoms with Crippen molar-refractivity contribution in [3.05, 3.63) is 0 Å². The Hall–Kier alpha value is -0.0400. The first-order valence-corrected chi connectivity index (χ1v) is 3.92. The molecular formula is C7H7ClO. The summed E-state index contributed by atoms with van der Waals surface area (Å²) < 4.78 is 0. The van der Waals surface area contributed by atoms with Crippen LogP contribution < -0.4 is 0 Å². The number of alkyl halides is 1. The number of hydrogen-bond donors (Lipinski definition) is 0. The van der Waals surface area contributed by atoms with Gasteiger partial charge >= 0.3 is 0 Å². The Morgan fingerprint density at radius 2 is 2.33 bits per heavy atom. The van der Waals surface area contributed by atoms with Crippen LogP contribution in [0.1, 0.15) is 6.42 Å². The molecule has 5 atom stereocenters. The minimum absolute atomic E-state index is 0.229. The summed E-state index contributed by atoms with van der Waals surface area (Å²) in [6, 6.07) is 0. The molecule has 0 N–H and O–H groups in total. The molecule has 0 aliphatic heterocycles. The second-order valence-corrected chi connectivity index (χ2v) is 3.96. The normalized spacial score (nSPS) is 67.2. The molecule has 4 rings (SSSR count). The molecule has 0 radical (unpaired) electrons. The van der Waals surface area contributed by atoms with Crippen molar-refractivity contribution < 1.29 is 4.79 Å². The number of Topliss-reactive ketones (excluding diaryl/α,β-unsaturated/α-hetero) is 1. The first kappa shape index (κ1) is 4.73. The Kier molecular flexibility index (Phi) is 0.563. The van der Waals surface area contributed by atoms with E-state index in [0.717, 1.165) is 12.3 Å². The Morgan fingerprint density at radius 1 is 1.56 bits per heavy atom. The highest BCUT2D eigenvalue weighted by atomic mass is 35.5. The summed E-state index contributed by atoms with van der Waals surface area (Å²) >= 11 is 5.97. The lowest BCUT2D eigenvalue weighted by molar-refractivity contribution is -0.120. The maximum absolute atomic E-state index is 11.1. The summed E-state index contributed by atoms with van der Waals surface area (Å²) in [6.45, 7) is 0. The van der Waals surface area contributed by atoms with E-state index >= 15 is 0 Å². The molecule has 0 heterocycles. The van der Waals surface area contributed by atoms with E-state index in [1.165, 1.54) is 0 Å². The summed E-state index contributed by atoms with van der Waals surface area (Å²) in [6.07, 6.45) is 1.11. The maximum atomic E-state index is 11.1. The fourth-order valence-corrected chi connectivity index (χ4v) is 3.32. The Balaban J connectivity index is 2.16. The highest BCUT2D eigenvalue weighted by Crippen LogP contribution is 2.69. The van der Waals surface area contributed by atoms with Crippen molar-refractivity contribution in [3.63, 3.8) is 0 Å². The van der Waals surface area contributed by atoms with Crippen LogP contribution in [-0.4, -0.2) is 11.2 Å². The number of carbonyl (C=O) groups excluding carboxylic acids is 1. The van der Waals surface area contributed by atoms with Crippen molar-refractivity contribution in [2.45, 2.75) is 11.8 Å². The minimum atomic E-state index is 0.229. The van der Waals surface area contributed by atoms with Gasteiger partial charge in [-0.25, -0.2) is 0 Å². The lowest BCUT2D eigenvalue weighted by Crippen LogP contribution is -2.09. The predicted octanol–water partition coefficient (Wildman–Crippen LogP) is 1.06. The number of rotatable bonds is 0. The fourth-order valence-electron chi connectivity index (χ4n) is 2.75. The monoisotopic (exact) mass is 142 g/mol. The van der Waals surface area contributed by atoms with E-state index in [9.17, 15) is 4.79 Å². The number of halogens is 1. The molecule has 0 aromatic rings. The van der Waals surface area contributed by atoms with Gasteiger partial charge in [0.15, 0.2) is 0 Å². The number of ketones is 1. The molecule has 4 saturated carbocycles. The van der Waals surface area contributed by atoms with E-state index < -0.39 is 0 Å². The van der Waals surface area contributed by atoms with Crippen LogP contribution in [0.5, 0.6) is 0 Å². The molecule has 0 saturated heterocycles. The standard InChI is InChI=1S/C7H7ClO/c8-6-3-1-2-4(6)5(2)7(3)9/h2-6H,1H2. The van der Waals surface area contributed by atoms with Gasteiger partial charge in [-0.05, 0) is 18.3 Å². The summed E-state index contributed by atoms with van der Waals surface area (Å²) in [4.78, 5) is 11.1. The van der Waals surface area contributed by atoms with Gasteiger partial charge in [0.05, 0.1) is 0 Å². The lowest BCUT2D eigenvalue weighted by atomic mass is 10.1. The van der Waals surface area contributed by atoms with Gasteiger partial charge in [-0.2, -0.15) is 0 Å². The van der Waals surface area contributed by atoms with E-state index in [-0.39, 0.29) is 11.3 Å². The topological polar surface area (TPSA) is 17.1 Å².